The molecule has 25 heteroatoms. The van der Waals surface area contributed by atoms with E-state index in [-0.39, 0.29) is 27.9 Å². The van der Waals surface area contributed by atoms with Crippen molar-refractivity contribution in [3.05, 3.63) is 181 Å². The molecule has 70 heavy (non-hydrogen) atoms. The fourth-order valence-corrected chi connectivity index (χ4v) is 7.69. The largest absolute Gasteiger partial charge is 0.724 e. The van der Waals surface area contributed by atoms with Crippen molar-refractivity contribution in [1.82, 2.24) is 0 Å². The van der Waals surface area contributed by atoms with Crippen LogP contribution in [0.15, 0.2) is 0 Å². The number of benzene rings is 4. The summed E-state index contributed by atoms with van der Waals surface area (Å²) in [6.45, 7) is 22.0. The first-order valence-corrected chi connectivity index (χ1v) is 18.9. The summed E-state index contributed by atoms with van der Waals surface area (Å²) in [6.07, 6.45) is -6.72. The molecule has 0 aromatic heterocycles. The maximum atomic E-state index is 15.4. The number of hydrogen-bond donors (Lipinski definition) is 0. The Kier molecular flexibility index (Phi) is 21.7. The minimum Gasteiger partial charge on any atom is -0.724 e. The molecule has 0 heterocycles. The minimum absolute atomic E-state index is 0. The summed E-state index contributed by atoms with van der Waals surface area (Å²) in [4.78, 5) is 8.24. The van der Waals surface area contributed by atoms with Gasteiger partial charge in [-0.3, -0.25) is 4.79 Å². The zero-order valence-corrected chi connectivity index (χ0v) is 40.7. The third-order valence-corrected chi connectivity index (χ3v) is 12.3. The van der Waals surface area contributed by atoms with Crippen LogP contribution >= 0.6 is 0 Å². The van der Waals surface area contributed by atoms with Crippen LogP contribution in [-0.2, 0) is 27.2 Å². The van der Waals surface area contributed by atoms with E-state index in [1.807, 2.05) is 0 Å². The van der Waals surface area contributed by atoms with Crippen LogP contribution < -0.4 is 21.9 Å². The van der Waals surface area contributed by atoms with Crippen LogP contribution in [0.5, 0.6) is 0 Å². The summed E-state index contributed by atoms with van der Waals surface area (Å²) >= 11 is 0. The molecule has 0 aliphatic heterocycles. The van der Waals surface area contributed by atoms with Crippen molar-refractivity contribution in [2.24, 2.45) is 0 Å². The monoisotopic (exact) mass is 1190 g/mol. The first-order valence-electron chi connectivity index (χ1n) is 18.9. The van der Waals surface area contributed by atoms with E-state index >= 15 is 35.1 Å². The summed E-state index contributed by atoms with van der Waals surface area (Å²) in [6, 6.07) is 0. The van der Waals surface area contributed by atoms with E-state index in [2.05, 4.69) is 69.2 Å². The Hall–Kier alpha value is -4.37. The van der Waals surface area contributed by atoms with Crippen molar-refractivity contribution >= 4 is 34.1 Å². The number of halogens is 20. The zero-order chi connectivity index (χ0) is 52.8. The van der Waals surface area contributed by atoms with Gasteiger partial charge in [-0.1, -0.05) is 69.2 Å². The molecule has 6 rings (SSSR count). The van der Waals surface area contributed by atoms with Crippen LogP contribution in [0.3, 0.4) is 0 Å². The zero-order valence-electron chi connectivity index (χ0n) is 37.4. The second-order valence-corrected chi connectivity index (χ2v) is 15.1. The van der Waals surface area contributed by atoms with Crippen LogP contribution in [0.4, 0.5) is 87.8 Å². The van der Waals surface area contributed by atoms with Gasteiger partial charge in [0, 0.05) is 22.4 Å². The van der Waals surface area contributed by atoms with Crippen LogP contribution in [0.2, 0.25) is 0 Å². The Labute approximate surface area is 403 Å². The number of hydrogen-bond acceptors (Lipinski definition) is 1. The van der Waals surface area contributed by atoms with Gasteiger partial charge in [0.2, 0.25) is 0 Å². The molecule has 4 aromatic carbocycles. The van der Waals surface area contributed by atoms with Crippen molar-refractivity contribution in [3.63, 3.8) is 0 Å². The predicted octanol–water partition coefficient (Wildman–Crippen LogP) is 10.9. The maximum Gasteiger partial charge on any atom is 0.200 e. The van der Waals surface area contributed by atoms with Crippen molar-refractivity contribution in [3.8, 4) is 0 Å². The molecule has 0 atom stereocenters. The van der Waals surface area contributed by atoms with E-state index in [9.17, 15) is 52.7 Å². The first-order chi connectivity index (χ1) is 31.2. The van der Waals surface area contributed by atoms with E-state index < -0.39 is 144 Å². The number of rotatable bonds is 4. The van der Waals surface area contributed by atoms with E-state index in [1.165, 1.54) is 59.2 Å². The van der Waals surface area contributed by atoms with Gasteiger partial charge in [0.1, 0.15) is 52.7 Å². The van der Waals surface area contributed by atoms with Crippen LogP contribution in [-0.4, -0.2) is 17.7 Å². The van der Waals surface area contributed by atoms with E-state index in [4.69, 9.17) is 10.2 Å². The van der Waals surface area contributed by atoms with Crippen LogP contribution in [0.1, 0.15) is 69.2 Å². The van der Waals surface area contributed by atoms with Crippen LogP contribution in [0, 0.1) is 176 Å². The molecule has 2 aliphatic rings. The van der Waals surface area contributed by atoms with Crippen molar-refractivity contribution in [1.29, 1.82) is 0 Å². The quantitative estimate of drug-likeness (QED) is 0.0501. The molecule has 2 saturated carbocycles. The number of carbonyl (C=O) groups excluding carboxylic acids is 1. The SMILES string of the molecule is C[C]1[C](C)[C](C)[C](C)[C]1C.C[C]1[C](C)[C](C)[C](C)[C]1C.Fc1c(F)c(F)c([B-](c2c(F)c(F)c(F)c(F)c2F)(c2c(F)c(F)c(F)c(F)c2F)c2c(F)c(F)c(F)c(F)c2F)c(F)c1F.O.[N-]=C=O.[Ta]. The average molecular weight is 1190 g/mol. The molecule has 0 unspecified atom stereocenters. The Morgan fingerprint density at radius 1 is 0.257 bits per heavy atom. The fourth-order valence-electron chi connectivity index (χ4n) is 7.69. The molecule has 2 aliphatic carbocycles. The molecule has 2 N–H and O–H groups in total. The van der Waals surface area contributed by atoms with E-state index in [0.29, 0.717) is 6.08 Å². The van der Waals surface area contributed by atoms with Gasteiger partial charge in [-0.15, -0.1) is 21.9 Å². The van der Waals surface area contributed by atoms with Crippen molar-refractivity contribution in [2.75, 3.05) is 0 Å². The molecule has 0 amide bonds. The molecular formula is C45H32BF20NO2Ta-2. The Balaban J connectivity index is 0.000000799. The van der Waals surface area contributed by atoms with Gasteiger partial charge in [-0.25, -0.2) is 87.8 Å². The van der Waals surface area contributed by atoms with E-state index in [1.54, 1.807) is 0 Å². The smallest absolute Gasteiger partial charge is 0.200 e. The average Bonchev–Trinajstić information content (AvgIpc) is 3.58. The van der Waals surface area contributed by atoms with Crippen molar-refractivity contribution in [2.45, 2.75) is 69.2 Å². The molecule has 0 spiro atoms. The van der Waals surface area contributed by atoms with Crippen molar-refractivity contribution < 1.29 is 120 Å². The van der Waals surface area contributed by atoms with Gasteiger partial charge >= 0.3 is 0 Å². The second kappa shape index (κ2) is 23.9. The molecule has 4 aromatic rings. The summed E-state index contributed by atoms with van der Waals surface area (Å²) in [5, 5.41) is 6.76. The third-order valence-electron chi connectivity index (χ3n) is 12.3. The Bertz CT molecular complexity index is 2110. The van der Waals surface area contributed by atoms with Crippen LogP contribution in [0.25, 0.3) is 5.41 Å². The van der Waals surface area contributed by atoms with Gasteiger partial charge in [-0.05, 0) is 65.3 Å². The molecule has 2 fully saturated rings. The van der Waals surface area contributed by atoms with Gasteiger partial charge in [0.25, 0.3) is 0 Å². The molecule has 0 saturated heterocycles. The summed E-state index contributed by atoms with van der Waals surface area (Å²) < 4.78 is 294. The van der Waals surface area contributed by atoms with Gasteiger partial charge in [-0.2, -0.15) is 0 Å². The molecule has 3 nitrogen and oxygen atoms in total. The molecular weight excluding hydrogens is 1160 g/mol. The third kappa shape index (κ3) is 10.3. The fraction of sp³-hybridized carbons (Fsp3) is 0.222. The molecule has 379 valence electrons. The standard InChI is InChI=1S/C24BF20.2C10H15.CNO.H2O.Ta/c26-5-1(6(27)14(35)21(42)13(5)34)25(2-7(28)15(36)22(43)16(37)8(2)29,3-9(30)17(38)23(44)18(39)10(3)31)4-11(32)19(40)24(45)20(41)12(4)33;2*1-6-7(2)9(4)10(5)8(6)3;2-1-3;;/h;2*1-5H3;;1H2;/q-1;;;-1;;. The maximum absolute atomic E-state index is 15.4. The Morgan fingerprint density at radius 3 is 0.414 bits per heavy atom. The summed E-state index contributed by atoms with van der Waals surface area (Å²) in [5.74, 6) is -56.7. The van der Waals surface area contributed by atoms with Gasteiger partial charge in [0.15, 0.2) is 69.8 Å². The number of nitrogens with zero attached hydrogens (tertiary/aromatic N) is 1. The number of isocyanates is 1. The summed E-state index contributed by atoms with van der Waals surface area (Å²) in [5.41, 5.74) is -14.3. The summed E-state index contributed by atoms with van der Waals surface area (Å²) in [7, 11) is 0. The molecule has 0 bridgehead atoms. The van der Waals surface area contributed by atoms with Gasteiger partial charge in [0.05, 0.1) is 0 Å². The van der Waals surface area contributed by atoms with Gasteiger partial charge < -0.3 is 10.9 Å². The Morgan fingerprint density at radius 2 is 0.329 bits per heavy atom. The van der Waals surface area contributed by atoms with E-state index in [0.717, 1.165) is 0 Å². The predicted molar refractivity (Wildman–Crippen MR) is 211 cm³/mol. The normalized spacial score (nSPS) is 16.0. The topological polar surface area (TPSA) is 70.9 Å². The second-order valence-electron chi connectivity index (χ2n) is 15.1. The first kappa shape index (κ1) is 63.6. The minimum atomic E-state index is -7.22. The molecule has 11 radical (unpaired) electrons.